The number of rotatable bonds is 2. The predicted molar refractivity (Wildman–Crippen MR) is 66.1 cm³/mol. The Kier molecular flexibility index (Phi) is 2.74. The number of benzene rings is 1. The maximum absolute atomic E-state index is 11.3. The van der Waals surface area contributed by atoms with Gasteiger partial charge < -0.3 is 5.11 Å². The first-order chi connectivity index (χ1) is 7.43. The highest BCUT2D eigenvalue weighted by Gasteiger charge is 2.41. The number of hydrogen-bond acceptors (Lipinski definition) is 2. The lowest BCUT2D eigenvalue weighted by atomic mass is 9.76. The lowest BCUT2D eigenvalue weighted by Gasteiger charge is -2.27. The van der Waals surface area contributed by atoms with Gasteiger partial charge in [-0.3, -0.25) is 4.79 Å². The molecule has 2 nitrogen and oxygen atoms in total. The van der Waals surface area contributed by atoms with Crippen LogP contribution in [0.25, 0.3) is 0 Å². The molecule has 0 amide bonds. The summed E-state index contributed by atoms with van der Waals surface area (Å²) in [5, 5.41) is 9.29. The Morgan fingerprint density at radius 3 is 2.81 bits per heavy atom. The molecule has 0 saturated heterocycles. The van der Waals surface area contributed by atoms with Gasteiger partial charge in [0, 0.05) is 16.6 Å². The van der Waals surface area contributed by atoms with Crippen molar-refractivity contribution >= 4 is 17.7 Å². The lowest BCUT2D eigenvalue weighted by Crippen LogP contribution is -2.31. The molecule has 1 atom stereocenters. The fraction of sp³-hybridized carbons (Fsp3) is 0.462. The molecule has 0 aliphatic carbocycles. The van der Waals surface area contributed by atoms with Crippen molar-refractivity contribution in [3.05, 3.63) is 29.3 Å². The minimum absolute atomic E-state index is 0.116. The van der Waals surface area contributed by atoms with Crippen molar-refractivity contribution in [2.75, 3.05) is 5.75 Å². The van der Waals surface area contributed by atoms with Crippen LogP contribution in [0.1, 0.15) is 30.9 Å². The van der Waals surface area contributed by atoms with Gasteiger partial charge in [0.25, 0.3) is 0 Å². The number of carbonyl (C=O) groups is 1. The molecule has 0 saturated carbocycles. The van der Waals surface area contributed by atoms with E-state index >= 15 is 0 Å². The minimum Gasteiger partial charge on any atom is -0.481 e. The predicted octanol–water partition coefficient (Wildman–Crippen LogP) is 3.30. The summed E-state index contributed by atoms with van der Waals surface area (Å²) >= 11 is 1.77. The van der Waals surface area contributed by atoms with Crippen molar-refractivity contribution in [2.45, 2.75) is 31.6 Å². The molecule has 0 spiro atoms. The molecular formula is C13H16O2S. The van der Waals surface area contributed by atoms with Crippen LogP contribution < -0.4 is 0 Å². The second-order valence-electron chi connectivity index (χ2n) is 4.93. The zero-order valence-electron chi connectivity index (χ0n) is 9.78. The standard InChI is InChI=1S/C13H16O2S/c1-8-4-5-11-9(6-8)10(7-16-11)13(2,3)12(14)15/h4-6,10H,7H2,1-3H3,(H,14,15). The molecule has 1 aliphatic heterocycles. The van der Waals surface area contributed by atoms with E-state index in [0.717, 1.165) is 5.75 Å². The summed E-state index contributed by atoms with van der Waals surface area (Å²) in [5.41, 5.74) is 1.72. The van der Waals surface area contributed by atoms with Crippen LogP contribution in [0.2, 0.25) is 0 Å². The van der Waals surface area contributed by atoms with Crippen molar-refractivity contribution in [1.29, 1.82) is 0 Å². The number of hydrogen-bond donors (Lipinski definition) is 1. The zero-order valence-corrected chi connectivity index (χ0v) is 10.6. The van der Waals surface area contributed by atoms with Gasteiger partial charge in [-0.2, -0.15) is 0 Å². The summed E-state index contributed by atoms with van der Waals surface area (Å²) in [6.07, 6.45) is 0. The Bertz CT molecular complexity index is 438. The highest BCUT2D eigenvalue weighted by atomic mass is 32.2. The number of fused-ring (bicyclic) bond motifs is 1. The van der Waals surface area contributed by atoms with Gasteiger partial charge in [-0.05, 0) is 32.4 Å². The summed E-state index contributed by atoms with van der Waals surface area (Å²) in [4.78, 5) is 12.5. The Labute approximate surface area is 100 Å². The molecule has 86 valence electrons. The van der Waals surface area contributed by atoms with E-state index in [-0.39, 0.29) is 5.92 Å². The first kappa shape index (κ1) is 11.5. The average Bonchev–Trinajstić information content (AvgIpc) is 2.60. The number of aliphatic carboxylic acids is 1. The van der Waals surface area contributed by atoms with E-state index in [1.54, 1.807) is 11.8 Å². The van der Waals surface area contributed by atoms with Gasteiger partial charge in [0.15, 0.2) is 0 Å². The fourth-order valence-corrected chi connectivity index (χ4v) is 3.56. The molecule has 1 heterocycles. The molecule has 0 bridgehead atoms. The van der Waals surface area contributed by atoms with Crippen LogP contribution in [0.3, 0.4) is 0 Å². The van der Waals surface area contributed by atoms with E-state index in [1.165, 1.54) is 16.0 Å². The van der Waals surface area contributed by atoms with Gasteiger partial charge in [-0.15, -0.1) is 11.8 Å². The summed E-state index contributed by atoms with van der Waals surface area (Å²) in [6.45, 7) is 5.68. The van der Waals surface area contributed by atoms with Crippen LogP contribution in [0.15, 0.2) is 23.1 Å². The monoisotopic (exact) mass is 236 g/mol. The highest BCUT2D eigenvalue weighted by Crippen LogP contribution is 2.48. The lowest BCUT2D eigenvalue weighted by molar-refractivity contribution is -0.147. The Hall–Kier alpha value is -0.960. The third-order valence-corrected chi connectivity index (χ3v) is 4.55. The first-order valence-corrected chi connectivity index (χ1v) is 6.38. The Balaban J connectivity index is 2.43. The molecule has 0 fully saturated rings. The molecule has 1 unspecified atom stereocenters. The van der Waals surface area contributed by atoms with Crippen LogP contribution >= 0.6 is 11.8 Å². The normalized spacial score (nSPS) is 19.6. The van der Waals surface area contributed by atoms with E-state index in [2.05, 4.69) is 18.2 Å². The van der Waals surface area contributed by atoms with Crippen molar-refractivity contribution in [3.8, 4) is 0 Å². The van der Waals surface area contributed by atoms with Gasteiger partial charge in [0.1, 0.15) is 0 Å². The van der Waals surface area contributed by atoms with Gasteiger partial charge in [-0.25, -0.2) is 0 Å². The molecule has 16 heavy (non-hydrogen) atoms. The van der Waals surface area contributed by atoms with Crippen LogP contribution in [0, 0.1) is 12.3 Å². The molecule has 3 heteroatoms. The number of aryl methyl sites for hydroxylation is 1. The smallest absolute Gasteiger partial charge is 0.309 e. The third-order valence-electron chi connectivity index (χ3n) is 3.37. The van der Waals surface area contributed by atoms with E-state index in [9.17, 15) is 9.90 Å². The summed E-state index contributed by atoms with van der Waals surface area (Å²) in [6, 6.07) is 6.32. The van der Waals surface area contributed by atoms with Crippen molar-refractivity contribution < 1.29 is 9.90 Å². The quantitative estimate of drug-likeness (QED) is 0.856. The SMILES string of the molecule is Cc1ccc2c(c1)C(C(C)(C)C(=O)O)CS2. The third kappa shape index (κ3) is 1.73. The number of thioether (sulfide) groups is 1. The summed E-state index contributed by atoms with van der Waals surface area (Å²) in [5.74, 6) is 0.273. The van der Waals surface area contributed by atoms with Crippen LogP contribution in [-0.2, 0) is 4.79 Å². The molecule has 1 N–H and O–H groups in total. The number of carboxylic acid groups (broad SMARTS) is 1. The van der Waals surface area contributed by atoms with Crippen LogP contribution in [0.5, 0.6) is 0 Å². The van der Waals surface area contributed by atoms with Gasteiger partial charge >= 0.3 is 5.97 Å². The van der Waals surface area contributed by atoms with Crippen molar-refractivity contribution in [1.82, 2.24) is 0 Å². The summed E-state index contributed by atoms with van der Waals surface area (Å²) in [7, 11) is 0. The first-order valence-electron chi connectivity index (χ1n) is 5.39. The second kappa shape index (κ2) is 3.81. The van der Waals surface area contributed by atoms with Crippen LogP contribution in [0.4, 0.5) is 0 Å². The van der Waals surface area contributed by atoms with E-state index < -0.39 is 11.4 Å². The minimum atomic E-state index is -0.715. The molecule has 1 aromatic rings. The Morgan fingerprint density at radius 2 is 2.19 bits per heavy atom. The molecule has 1 aromatic carbocycles. The van der Waals surface area contributed by atoms with Gasteiger partial charge in [0.05, 0.1) is 5.41 Å². The molecule has 2 rings (SSSR count). The highest BCUT2D eigenvalue weighted by molar-refractivity contribution is 7.99. The molecular weight excluding hydrogens is 220 g/mol. The molecule has 1 aliphatic rings. The van der Waals surface area contributed by atoms with E-state index in [0.29, 0.717) is 0 Å². The molecule has 0 radical (unpaired) electrons. The van der Waals surface area contributed by atoms with Crippen LogP contribution in [-0.4, -0.2) is 16.8 Å². The van der Waals surface area contributed by atoms with Crippen molar-refractivity contribution in [2.24, 2.45) is 5.41 Å². The topological polar surface area (TPSA) is 37.3 Å². The van der Waals surface area contributed by atoms with Gasteiger partial charge in [-0.1, -0.05) is 17.7 Å². The zero-order chi connectivity index (χ0) is 11.9. The average molecular weight is 236 g/mol. The second-order valence-corrected chi connectivity index (χ2v) is 5.99. The fourth-order valence-electron chi connectivity index (χ4n) is 2.08. The largest absolute Gasteiger partial charge is 0.481 e. The van der Waals surface area contributed by atoms with Gasteiger partial charge in [0.2, 0.25) is 0 Å². The summed E-state index contributed by atoms with van der Waals surface area (Å²) < 4.78 is 0. The van der Waals surface area contributed by atoms with E-state index in [1.807, 2.05) is 20.8 Å². The number of carboxylic acids is 1. The maximum atomic E-state index is 11.3. The Morgan fingerprint density at radius 1 is 1.50 bits per heavy atom. The van der Waals surface area contributed by atoms with E-state index in [4.69, 9.17) is 0 Å². The van der Waals surface area contributed by atoms with Crippen molar-refractivity contribution in [3.63, 3.8) is 0 Å². The maximum Gasteiger partial charge on any atom is 0.309 e. The molecule has 0 aromatic heterocycles.